The van der Waals surface area contributed by atoms with Crippen LogP contribution in [0.3, 0.4) is 0 Å². The Morgan fingerprint density at radius 2 is 1.54 bits per heavy atom. The number of carbonyl (C=O) groups is 5. The van der Waals surface area contributed by atoms with Crippen LogP contribution in [0.25, 0.3) is 33.5 Å². The molecule has 5 aromatic carbocycles. The molecule has 4 heterocycles. The van der Waals surface area contributed by atoms with Gasteiger partial charge in [-0.05, 0) is 111 Å². The number of hydrogen-bond donors (Lipinski definition) is 6. The summed E-state index contributed by atoms with van der Waals surface area (Å²) in [6.45, 7) is 4.45. The molecule has 2 aliphatic heterocycles. The maximum absolute atomic E-state index is 12.9. The van der Waals surface area contributed by atoms with Gasteiger partial charge in [-0.3, -0.25) is 19.2 Å². The highest BCUT2D eigenvalue weighted by atomic mass is 79.9. The minimum Gasteiger partial charge on any atom is -0.484 e. The van der Waals surface area contributed by atoms with E-state index in [9.17, 15) is 24.0 Å². The van der Waals surface area contributed by atoms with Gasteiger partial charge in [0.1, 0.15) is 23.7 Å². The van der Waals surface area contributed by atoms with Gasteiger partial charge in [-0.25, -0.2) is 14.9 Å². The number of aryl methyl sites for hydroxylation is 3. The molecule has 0 saturated carbocycles. The minimum atomic E-state index is -0.358. The van der Waals surface area contributed by atoms with Crippen LogP contribution < -0.4 is 36.7 Å². The summed E-state index contributed by atoms with van der Waals surface area (Å²) in [5, 5.41) is 34.7. The SMILES string of the molecule is Cc1cc(OCC(=O)N/N=C2\CCc3ccc(NC(=O)c4ccc(Br)cc4C)cc32)ccc1Cl.O=C(CCCC[C@@H]1SC[C@@H]2NC(=O)N[C@@H]21)NCCCNC(=O)Cn1nc(-c2ccccc2)c2c(Cl)c(-c3ccccc3)nnc21. The van der Waals surface area contributed by atoms with Crippen LogP contribution in [0.1, 0.15) is 71.1 Å². The monoisotopic (exact) mass is 1190 g/mol. The van der Waals surface area contributed by atoms with Gasteiger partial charge in [0.15, 0.2) is 12.3 Å². The van der Waals surface area contributed by atoms with E-state index in [1.807, 2.05) is 117 Å². The van der Waals surface area contributed by atoms with Crippen LogP contribution in [0.15, 0.2) is 125 Å². The van der Waals surface area contributed by atoms with Crippen LogP contribution in [0.5, 0.6) is 5.75 Å². The van der Waals surface area contributed by atoms with Gasteiger partial charge in [-0.15, -0.1) is 10.2 Å². The van der Waals surface area contributed by atoms with Crippen LogP contribution >= 0.6 is 50.9 Å². The Hall–Kier alpha value is -7.32. The number of fused-ring (bicyclic) bond motifs is 3. The van der Waals surface area contributed by atoms with Gasteiger partial charge in [0.2, 0.25) is 11.8 Å². The second kappa shape index (κ2) is 26.6. The van der Waals surface area contributed by atoms with Crippen molar-refractivity contribution < 1.29 is 28.7 Å². The molecule has 2 saturated heterocycles. The predicted octanol–water partition coefficient (Wildman–Crippen LogP) is 9.98. The summed E-state index contributed by atoms with van der Waals surface area (Å²) < 4.78 is 7.98. The summed E-state index contributed by atoms with van der Waals surface area (Å²) in [7, 11) is 0. The first-order valence-corrected chi connectivity index (χ1v) is 28.6. The van der Waals surface area contributed by atoms with E-state index in [0.717, 1.165) is 75.0 Å². The average Bonchev–Trinajstić information content (AvgIpc) is 4.45. The fourth-order valence-electron chi connectivity index (χ4n) is 9.55. The number of unbranched alkanes of at least 4 members (excludes halogenated alkanes) is 1. The molecule has 21 heteroatoms. The Labute approximate surface area is 479 Å². The maximum Gasteiger partial charge on any atom is 0.315 e. The van der Waals surface area contributed by atoms with Crippen molar-refractivity contribution in [2.24, 2.45) is 5.10 Å². The Bertz CT molecular complexity index is 3420. The Kier molecular flexibility index (Phi) is 19.0. The lowest BCUT2D eigenvalue weighted by Crippen LogP contribution is -2.36. The lowest BCUT2D eigenvalue weighted by molar-refractivity contribution is -0.123. The molecule has 2 aromatic heterocycles. The fourth-order valence-corrected chi connectivity index (χ4v) is 12.0. The summed E-state index contributed by atoms with van der Waals surface area (Å²) in [5.41, 5.74) is 11.7. The van der Waals surface area contributed by atoms with Gasteiger partial charge in [0.25, 0.3) is 11.8 Å². The lowest BCUT2D eigenvalue weighted by Gasteiger charge is -2.16. The maximum atomic E-state index is 12.9. The number of carbonyl (C=O) groups excluding carboxylic acids is 5. The van der Waals surface area contributed by atoms with E-state index in [1.54, 1.807) is 24.3 Å². The number of ether oxygens (including phenoxy) is 1. The quantitative estimate of drug-likeness (QED) is 0.0255. The van der Waals surface area contributed by atoms with E-state index >= 15 is 0 Å². The Balaban J connectivity index is 0.000000199. The Morgan fingerprint density at radius 3 is 2.29 bits per heavy atom. The molecule has 0 bridgehead atoms. The molecule has 3 atom stereocenters. The highest BCUT2D eigenvalue weighted by Crippen LogP contribution is 2.38. The van der Waals surface area contributed by atoms with Crippen molar-refractivity contribution in [3.05, 3.63) is 158 Å². The first kappa shape index (κ1) is 56.4. The largest absolute Gasteiger partial charge is 0.484 e. The number of rotatable bonds is 19. The molecule has 0 unspecified atom stereocenters. The number of halogens is 3. The predicted molar refractivity (Wildman–Crippen MR) is 314 cm³/mol. The first-order chi connectivity index (χ1) is 38.3. The van der Waals surface area contributed by atoms with Crippen molar-refractivity contribution in [3.63, 3.8) is 0 Å². The minimum absolute atomic E-state index is 0.0101. The van der Waals surface area contributed by atoms with Crippen molar-refractivity contribution in [2.45, 2.75) is 82.7 Å². The van der Waals surface area contributed by atoms with Gasteiger partial charge in [-0.2, -0.15) is 22.0 Å². The molecule has 2 fully saturated rings. The number of benzene rings is 5. The summed E-state index contributed by atoms with van der Waals surface area (Å²) in [4.78, 5) is 61.7. The zero-order valence-corrected chi connectivity index (χ0v) is 47.3. The second-order valence-corrected chi connectivity index (χ2v) is 22.3. The molecular formula is C58H58BrCl2N11O6S. The highest BCUT2D eigenvalue weighted by molar-refractivity contribution is 9.10. The number of nitrogens with zero attached hydrogens (tertiary/aromatic N) is 5. The highest BCUT2D eigenvalue weighted by Gasteiger charge is 2.42. The number of hydrogen-bond acceptors (Lipinski definition) is 11. The molecule has 6 N–H and O–H groups in total. The third-order valence-corrected chi connectivity index (χ3v) is 16.4. The summed E-state index contributed by atoms with van der Waals surface area (Å²) in [6, 6.07) is 36.1. The fraction of sp³-hybridized carbons (Fsp3) is 0.293. The zero-order chi connectivity index (χ0) is 55.4. The van der Waals surface area contributed by atoms with Crippen LogP contribution in [0.4, 0.5) is 10.5 Å². The van der Waals surface area contributed by atoms with Gasteiger partial charge in [0, 0.05) is 67.9 Å². The Morgan fingerprint density at radius 1 is 0.797 bits per heavy atom. The number of nitrogens with one attached hydrogen (secondary N) is 6. The molecule has 10 rings (SSSR count). The third kappa shape index (κ3) is 14.5. The van der Waals surface area contributed by atoms with Crippen LogP contribution in [0.2, 0.25) is 10.0 Å². The molecule has 7 aromatic rings. The standard InChI is InChI=1S/C32H35ClN8O3S.C26H23BrClN3O3/c33-27-26-28(20-10-3-1-4-11-20)40-41(31(26)39-38-29(27)21-12-5-2-6-13-21)18-25(43)35-17-9-16-34-24(42)15-8-7-14-23-30-22(19-45-23)36-32(44)37-30;1-15-11-18(27)5-8-21(15)26(33)29-19-6-3-17-4-10-24(22(17)13-19)30-31-25(32)14-34-20-7-9-23(28)16(2)12-20/h1-6,10-13,22-23,30H,7-9,14-19H2,(H,34,42)(H,35,43)(H2,36,37,44);3,5-9,11-13H,4,10,14H2,1-2H3,(H,29,33)(H,31,32)/b;30-24+/t22-,23-,30-;/m0./s1. The molecule has 79 heavy (non-hydrogen) atoms. The smallest absolute Gasteiger partial charge is 0.315 e. The van der Waals surface area contributed by atoms with Crippen LogP contribution in [0, 0.1) is 13.8 Å². The molecule has 0 spiro atoms. The summed E-state index contributed by atoms with van der Waals surface area (Å²) in [6.07, 6.45) is 5.33. The topological polar surface area (TPSA) is 223 Å². The van der Waals surface area contributed by atoms with Gasteiger partial charge >= 0.3 is 6.03 Å². The van der Waals surface area contributed by atoms with Gasteiger partial charge in [-0.1, -0.05) is 112 Å². The first-order valence-electron chi connectivity index (χ1n) is 26.0. The molecule has 408 valence electrons. The van der Waals surface area contributed by atoms with Crippen LogP contribution in [-0.4, -0.2) is 98.1 Å². The summed E-state index contributed by atoms with van der Waals surface area (Å²) in [5.74, 6) is 0.758. The van der Waals surface area contributed by atoms with Crippen molar-refractivity contribution in [3.8, 4) is 28.3 Å². The number of amides is 6. The van der Waals surface area contributed by atoms with Crippen molar-refractivity contribution in [1.82, 2.24) is 46.7 Å². The molecular weight excluding hydrogens is 1130 g/mol. The van der Waals surface area contributed by atoms with Crippen molar-refractivity contribution in [1.29, 1.82) is 0 Å². The van der Waals surface area contributed by atoms with E-state index in [1.165, 1.54) is 4.68 Å². The van der Waals surface area contributed by atoms with E-state index < -0.39 is 0 Å². The normalized spacial score (nSPS) is 16.5. The number of urea groups is 1. The van der Waals surface area contributed by atoms with E-state index in [-0.39, 0.29) is 54.9 Å². The third-order valence-electron chi connectivity index (χ3n) is 13.6. The van der Waals surface area contributed by atoms with E-state index in [4.69, 9.17) is 33.0 Å². The number of aromatic nitrogens is 4. The molecule has 6 amide bonds. The van der Waals surface area contributed by atoms with Gasteiger partial charge in [0.05, 0.1) is 28.2 Å². The molecule has 17 nitrogen and oxygen atoms in total. The van der Waals surface area contributed by atoms with Crippen LogP contribution in [-0.2, 0) is 27.3 Å². The van der Waals surface area contributed by atoms with E-state index in [0.29, 0.717) is 87.1 Å². The van der Waals surface area contributed by atoms with Gasteiger partial charge < -0.3 is 31.3 Å². The zero-order valence-electron chi connectivity index (χ0n) is 43.4. The lowest BCUT2D eigenvalue weighted by atomic mass is 10.0. The molecule has 1 aliphatic carbocycles. The molecule has 0 radical (unpaired) electrons. The molecule has 3 aliphatic rings. The number of hydrazone groups is 1. The number of thioether (sulfide) groups is 1. The van der Waals surface area contributed by atoms with E-state index in [2.05, 4.69) is 63.2 Å². The summed E-state index contributed by atoms with van der Waals surface area (Å²) >= 11 is 18.2. The average molecular weight is 1190 g/mol. The van der Waals surface area contributed by atoms with Crippen molar-refractivity contribution in [2.75, 3.05) is 30.8 Å². The number of anilines is 1. The second-order valence-electron chi connectivity index (χ2n) is 19.3. The van der Waals surface area contributed by atoms with Crippen molar-refractivity contribution >= 4 is 103 Å².